The van der Waals surface area contributed by atoms with E-state index in [1.165, 1.54) is 13.2 Å². The van der Waals surface area contributed by atoms with E-state index in [0.717, 1.165) is 11.1 Å². The Morgan fingerprint density at radius 3 is 2.24 bits per heavy atom. The number of benzene rings is 2. The van der Waals surface area contributed by atoms with Crippen LogP contribution in [0.4, 0.5) is 0 Å². The number of nitrogens with two attached hydrogens (primary N) is 1. The van der Waals surface area contributed by atoms with Crippen LogP contribution in [0, 0.1) is 22.7 Å². The van der Waals surface area contributed by atoms with Crippen molar-refractivity contribution in [1.29, 1.82) is 0 Å². The predicted molar refractivity (Wildman–Crippen MR) is 236 cm³/mol. The molecule has 0 radical (unpaired) electrons. The zero-order valence-corrected chi connectivity index (χ0v) is 38.3. The third-order valence-electron chi connectivity index (χ3n) is 11.1. The normalized spacial score (nSPS) is 24.3. The monoisotopic (exact) mass is 880 g/mol. The van der Waals surface area contributed by atoms with Crippen LogP contribution in [0.3, 0.4) is 0 Å². The molecule has 2 heterocycles. The number of amides is 5. The Labute approximate surface area is 370 Å². The maximum atomic E-state index is 14.0. The topological polar surface area (TPSA) is 220 Å². The van der Waals surface area contributed by atoms with Gasteiger partial charge in [0.25, 0.3) is 0 Å². The highest BCUT2D eigenvalue weighted by atomic mass is 35.5. The SMILES string of the molecule is COc1ccc(C[C@H]2NC(=O)/C=C/C[C@@H]([C@H](C)[C@H]3O[C@@H]3c3ccc(CNC(=O)C(C)NC(=O)C(N)C(C)C)cc3)OC(=O)[C@H](CC(C)(C)C)NC(=O)C(C)(C)CNC2=O)cc1Cl. The molecule has 0 aliphatic carbocycles. The summed E-state index contributed by atoms with van der Waals surface area (Å²) in [5, 5.41) is 14.4. The van der Waals surface area contributed by atoms with Gasteiger partial charge >= 0.3 is 5.97 Å². The van der Waals surface area contributed by atoms with Gasteiger partial charge in [-0.05, 0) is 73.4 Å². The number of epoxide rings is 1. The first-order valence-electron chi connectivity index (χ1n) is 21.2. The van der Waals surface area contributed by atoms with Gasteiger partial charge < -0.3 is 46.5 Å². The number of esters is 1. The van der Waals surface area contributed by atoms with E-state index >= 15 is 0 Å². The molecule has 1 saturated heterocycles. The van der Waals surface area contributed by atoms with Gasteiger partial charge in [0.05, 0.1) is 29.7 Å². The van der Waals surface area contributed by atoms with Crippen molar-refractivity contribution in [1.82, 2.24) is 26.6 Å². The first kappa shape index (κ1) is 49.7. The molecule has 0 aromatic heterocycles. The molecule has 2 aromatic rings. The molecule has 340 valence electrons. The molecule has 7 N–H and O–H groups in total. The molecule has 0 bridgehead atoms. The Hall–Kier alpha value is -4.99. The van der Waals surface area contributed by atoms with Crippen LogP contribution >= 0.6 is 11.6 Å². The highest BCUT2D eigenvalue weighted by Crippen LogP contribution is 2.45. The molecular formula is C46H65ClN6O9. The summed E-state index contributed by atoms with van der Waals surface area (Å²) < 4.78 is 17.6. The van der Waals surface area contributed by atoms with Crippen molar-refractivity contribution < 1.29 is 43.0 Å². The Kier molecular flexibility index (Phi) is 17.1. The van der Waals surface area contributed by atoms with E-state index in [2.05, 4.69) is 26.6 Å². The quantitative estimate of drug-likeness (QED) is 0.125. The summed E-state index contributed by atoms with van der Waals surface area (Å²) in [6, 6.07) is 9.18. The van der Waals surface area contributed by atoms with Crippen molar-refractivity contribution in [3.63, 3.8) is 0 Å². The van der Waals surface area contributed by atoms with E-state index in [4.69, 9.17) is 31.5 Å². The zero-order valence-electron chi connectivity index (χ0n) is 37.6. The minimum absolute atomic E-state index is 0.0670. The minimum Gasteiger partial charge on any atom is -0.495 e. The number of cyclic esters (lactones) is 1. The number of carbonyl (C=O) groups excluding carboxylic acids is 6. The fraction of sp³-hybridized carbons (Fsp3) is 0.565. The third-order valence-corrected chi connectivity index (χ3v) is 11.4. The second-order valence-electron chi connectivity index (χ2n) is 18.6. The number of hydrogen-bond donors (Lipinski definition) is 6. The van der Waals surface area contributed by atoms with Crippen LogP contribution < -0.4 is 37.1 Å². The Morgan fingerprint density at radius 2 is 1.63 bits per heavy atom. The van der Waals surface area contributed by atoms with Gasteiger partial charge in [-0.3, -0.25) is 24.0 Å². The van der Waals surface area contributed by atoms with E-state index in [9.17, 15) is 28.8 Å². The number of methoxy groups -OCH3 is 1. The number of rotatable bonds is 13. The fourth-order valence-electron chi connectivity index (χ4n) is 6.93. The van der Waals surface area contributed by atoms with Crippen LogP contribution in [0.25, 0.3) is 0 Å². The maximum Gasteiger partial charge on any atom is 0.328 e. The number of nitrogens with one attached hydrogen (secondary N) is 5. The Morgan fingerprint density at radius 1 is 0.968 bits per heavy atom. The average molecular weight is 882 g/mol. The van der Waals surface area contributed by atoms with Crippen molar-refractivity contribution in [3.8, 4) is 5.75 Å². The molecule has 2 aromatic carbocycles. The summed E-state index contributed by atoms with van der Waals surface area (Å²) in [4.78, 5) is 79.8. The van der Waals surface area contributed by atoms with E-state index in [1.54, 1.807) is 45.0 Å². The van der Waals surface area contributed by atoms with Gasteiger partial charge in [0, 0.05) is 31.8 Å². The van der Waals surface area contributed by atoms with E-state index in [-0.39, 0.29) is 73.6 Å². The van der Waals surface area contributed by atoms with Gasteiger partial charge in [0.2, 0.25) is 29.5 Å². The lowest BCUT2D eigenvalue weighted by molar-refractivity contribution is -0.157. The van der Waals surface area contributed by atoms with Crippen LogP contribution in [-0.2, 0) is 51.2 Å². The molecule has 4 rings (SSSR count). The Balaban J connectivity index is 1.51. The van der Waals surface area contributed by atoms with Gasteiger partial charge in [0.1, 0.15) is 36.1 Å². The first-order chi connectivity index (χ1) is 29.0. The number of hydrogen-bond acceptors (Lipinski definition) is 10. The van der Waals surface area contributed by atoms with E-state index < -0.39 is 59.4 Å². The number of ether oxygens (including phenoxy) is 3. The van der Waals surface area contributed by atoms with Crippen LogP contribution in [0.5, 0.6) is 5.75 Å². The van der Waals surface area contributed by atoms with Crippen molar-refractivity contribution >= 4 is 47.1 Å². The van der Waals surface area contributed by atoms with Crippen LogP contribution in [0.2, 0.25) is 5.02 Å². The number of carbonyl (C=O) groups is 6. The van der Waals surface area contributed by atoms with E-state index in [1.807, 2.05) is 65.8 Å². The molecule has 62 heavy (non-hydrogen) atoms. The van der Waals surface area contributed by atoms with Crippen molar-refractivity contribution in [3.05, 3.63) is 76.3 Å². The molecule has 16 heteroatoms. The minimum atomic E-state index is -1.15. The summed E-state index contributed by atoms with van der Waals surface area (Å²) in [7, 11) is 1.50. The van der Waals surface area contributed by atoms with Crippen LogP contribution in [-0.4, -0.2) is 85.5 Å². The molecule has 0 spiro atoms. The molecule has 0 saturated carbocycles. The van der Waals surface area contributed by atoms with Gasteiger partial charge in [-0.1, -0.05) is 89.6 Å². The standard InChI is InChI=1S/C46H65ClN6O9/c1-25(2)37(48)42(57)51-27(4)40(55)49-23-28-14-17-30(18-15-28)39-38(62-39)26(3)34-12-11-13-36(54)52-32(21-29-16-19-35(60-10)31(47)20-29)41(56)50-24-46(8,9)44(59)53-33(43(58)61-34)22-45(5,6)7/h11,13-20,25-27,32-34,37-39H,12,21-24,48H2,1-10H3,(H,49,55)(H,50,56)(H,51,57)(H,52,54)(H,53,59)/b13-11+/t26-,27?,32+,33-,34-,37?,38+,39+/m0/s1. The lowest BCUT2D eigenvalue weighted by Crippen LogP contribution is -2.54. The van der Waals surface area contributed by atoms with E-state index in [0.29, 0.717) is 16.3 Å². The molecule has 2 unspecified atom stereocenters. The number of halogens is 1. The fourth-order valence-corrected chi connectivity index (χ4v) is 7.21. The molecule has 5 amide bonds. The summed E-state index contributed by atoms with van der Waals surface area (Å²) in [5.41, 5.74) is 6.78. The largest absolute Gasteiger partial charge is 0.495 e. The van der Waals surface area contributed by atoms with Crippen molar-refractivity contribution in [2.75, 3.05) is 13.7 Å². The Bertz CT molecular complexity index is 1960. The summed E-state index contributed by atoms with van der Waals surface area (Å²) in [5.74, 6) is -2.79. The lowest BCUT2D eigenvalue weighted by atomic mass is 9.86. The summed E-state index contributed by atoms with van der Waals surface area (Å²) in [6.07, 6.45) is 2.04. The predicted octanol–water partition coefficient (Wildman–Crippen LogP) is 4.19. The third kappa shape index (κ3) is 14.3. The smallest absolute Gasteiger partial charge is 0.328 e. The highest BCUT2D eigenvalue weighted by Gasteiger charge is 2.48. The van der Waals surface area contributed by atoms with Gasteiger partial charge in [0.15, 0.2) is 0 Å². The second kappa shape index (κ2) is 21.4. The van der Waals surface area contributed by atoms with Crippen molar-refractivity contribution in [2.45, 2.75) is 131 Å². The van der Waals surface area contributed by atoms with Gasteiger partial charge in [-0.2, -0.15) is 0 Å². The molecule has 15 nitrogen and oxygen atoms in total. The maximum absolute atomic E-state index is 14.0. The second-order valence-corrected chi connectivity index (χ2v) is 19.0. The van der Waals surface area contributed by atoms with Gasteiger partial charge in [-0.25, -0.2) is 4.79 Å². The summed E-state index contributed by atoms with van der Waals surface area (Å²) in [6.45, 7) is 16.5. The van der Waals surface area contributed by atoms with Crippen LogP contribution in [0.15, 0.2) is 54.6 Å². The molecular weight excluding hydrogens is 816 g/mol. The summed E-state index contributed by atoms with van der Waals surface area (Å²) >= 11 is 6.37. The molecule has 2 aliphatic heterocycles. The zero-order chi connectivity index (χ0) is 46.1. The van der Waals surface area contributed by atoms with Crippen LogP contribution in [0.1, 0.15) is 97.9 Å². The van der Waals surface area contributed by atoms with Gasteiger partial charge in [-0.15, -0.1) is 0 Å². The molecule has 1 fully saturated rings. The molecule has 2 aliphatic rings. The molecule has 8 atom stereocenters. The van der Waals surface area contributed by atoms with Crippen molar-refractivity contribution in [2.24, 2.45) is 28.4 Å². The average Bonchev–Trinajstić information content (AvgIpc) is 4.01. The highest BCUT2D eigenvalue weighted by molar-refractivity contribution is 6.32. The first-order valence-corrected chi connectivity index (χ1v) is 21.5. The lowest BCUT2D eigenvalue weighted by Gasteiger charge is -2.32.